The van der Waals surface area contributed by atoms with Crippen molar-refractivity contribution >= 4 is 11.9 Å². The minimum atomic E-state index is -0.664. The highest BCUT2D eigenvalue weighted by atomic mass is 16.4. The topological polar surface area (TPSA) is 115 Å². The Morgan fingerprint density at radius 1 is 0.417 bits per heavy atom. The van der Waals surface area contributed by atoms with Crippen molar-refractivity contribution in [3.63, 3.8) is 0 Å². The van der Waals surface area contributed by atoms with Crippen molar-refractivity contribution in [2.24, 2.45) is 0 Å². The van der Waals surface area contributed by atoms with Gasteiger partial charge in [-0.15, -0.1) is 0 Å². The molecule has 0 radical (unpaired) electrons. The zero-order valence-corrected chi connectivity index (χ0v) is 31.0. The van der Waals surface area contributed by atoms with Crippen molar-refractivity contribution in [2.75, 3.05) is 0 Å². The molecule has 6 nitrogen and oxygen atoms in total. The number of carboxylic acids is 2. The van der Waals surface area contributed by atoms with E-state index >= 15 is 0 Å². The van der Waals surface area contributed by atoms with Crippen LogP contribution in [0.25, 0.3) is 0 Å². The van der Waals surface area contributed by atoms with Crippen LogP contribution in [0.15, 0.2) is 48.6 Å². The van der Waals surface area contributed by atoms with E-state index in [2.05, 4.69) is 38.2 Å². The maximum atomic E-state index is 10.3. The van der Waals surface area contributed by atoms with Gasteiger partial charge < -0.3 is 20.4 Å². The van der Waals surface area contributed by atoms with Gasteiger partial charge in [0.25, 0.3) is 0 Å². The highest BCUT2D eigenvalue weighted by molar-refractivity contribution is 5.66. The predicted octanol–water partition coefficient (Wildman–Crippen LogP) is 13.3. The summed E-state index contributed by atoms with van der Waals surface area (Å²) in [4.78, 5) is 20.6. The van der Waals surface area contributed by atoms with E-state index in [0.29, 0.717) is 12.8 Å². The van der Waals surface area contributed by atoms with Gasteiger partial charge in [-0.3, -0.25) is 9.59 Å². The minimum absolute atomic E-state index is 0.169. The summed E-state index contributed by atoms with van der Waals surface area (Å²) in [5.41, 5.74) is 0. The van der Waals surface area contributed by atoms with Gasteiger partial charge in [0.15, 0.2) is 0 Å². The maximum Gasteiger partial charge on any atom is 0.303 e. The maximum absolute atomic E-state index is 10.3. The van der Waals surface area contributed by atoms with Crippen molar-refractivity contribution in [1.82, 2.24) is 0 Å². The average molecular weight is 675 g/mol. The number of hydrogen-bond donors (Lipinski definition) is 4. The second-order valence-corrected chi connectivity index (χ2v) is 13.0. The van der Waals surface area contributed by atoms with Gasteiger partial charge in [-0.1, -0.05) is 141 Å². The first-order valence-corrected chi connectivity index (χ1v) is 19.5. The molecule has 1 aromatic carbocycles. The van der Waals surface area contributed by atoms with Crippen LogP contribution in [-0.2, 0) is 9.59 Å². The molecule has 0 aliphatic carbocycles. The molecule has 0 aliphatic rings. The zero-order chi connectivity index (χ0) is 35.8. The van der Waals surface area contributed by atoms with Crippen LogP contribution in [0.5, 0.6) is 11.5 Å². The molecule has 0 spiro atoms. The fraction of sp³-hybridized carbons (Fsp3) is 0.714. The van der Waals surface area contributed by atoms with Crippen LogP contribution in [0, 0.1) is 0 Å². The largest absolute Gasteiger partial charge is 0.508 e. The molecule has 0 aromatic heterocycles. The first-order chi connectivity index (χ1) is 23.3. The standard InChI is InChI=1S/2C18H34O2.C6H6O2/c2*1-2-3-4-5-6-7-8-9-10-11-12-13-14-15-16-17-18(19)20;7-5-1-2-6(8)4-3-5/h2*9-10H,2-8,11-17H2,1H3,(H,19,20);1-4,7-8H/b2*10-9+;. The number of carboxylic acid groups (broad SMARTS) is 2. The van der Waals surface area contributed by atoms with E-state index in [1.54, 1.807) is 0 Å². The van der Waals surface area contributed by atoms with Crippen LogP contribution < -0.4 is 0 Å². The Balaban J connectivity index is 0. The molecular formula is C42H74O6. The van der Waals surface area contributed by atoms with E-state index in [0.717, 1.165) is 25.7 Å². The van der Waals surface area contributed by atoms with Crippen LogP contribution in [-0.4, -0.2) is 32.4 Å². The normalized spacial score (nSPS) is 10.9. The Morgan fingerprint density at radius 3 is 0.896 bits per heavy atom. The summed E-state index contributed by atoms with van der Waals surface area (Å²) in [6.45, 7) is 4.52. The van der Waals surface area contributed by atoms with Crippen molar-refractivity contribution in [2.45, 2.75) is 194 Å². The summed E-state index contributed by atoms with van der Waals surface area (Å²) >= 11 is 0. The lowest BCUT2D eigenvalue weighted by Gasteiger charge is -1.99. The lowest BCUT2D eigenvalue weighted by Crippen LogP contribution is -1.93. The fourth-order valence-corrected chi connectivity index (χ4v) is 5.15. The molecule has 6 heteroatoms. The summed E-state index contributed by atoms with van der Waals surface area (Å²) in [6, 6.07) is 5.70. The number of rotatable bonds is 30. The molecule has 0 saturated heterocycles. The van der Waals surface area contributed by atoms with Gasteiger partial charge in [-0.2, -0.15) is 0 Å². The summed E-state index contributed by atoms with van der Waals surface area (Å²) in [5, 5.41) is 34.3. The van der Waals surface area contributed by atoms with Crippen molar-refractivity contribution < 1.29 is 30.0 Å². The van der Waals surface area contributed by atoms with Gasteiger partial charge in [-0.25, -0.2) is 0 Å². The third kappa shape index (κ3) is 45.4. The lowest BCUT2D eigenvalue weighted by atomic mass is 10.1. The number of carbonyl (C=O) groups is 2. The Hall–Kier alpha value is -2.76. The summed E-state index contributed by atoms with van der Waals surface area (Å²) in [7, 11) is 0. The Bertz CT molecular complexity index is 790. The van der Waals surface area contributed by atoms with Gasteiger partial charge in [0.05, 0.1) is 0 Å². The minimum Gasteiger partial charge on any atom is -0.508 e. The number of unbranched alkanes of at least 4 members (excludes halogenated alkanes) is 22. The first-order valence-electron chi connectivity index (χ1n) is 19.5. The number of allylic oxidation sites excluding steroid dienone is 4. The number of benzene rings is 1. The SMILES string of the molecule is CCCCCCCC/C=C/CCCCCCCC(=O)O.CCCCCCCC/C=C/CCCCCCCC(=O)O.Oc1ccc(O)cc1. The van der Waals surface area contributed by atoms with E-state index in [9.17, 15) is 9.59 Å². The third-order valence-corrected chi connectivity index (χ3v) is 8.15. The van der Waals surface area contributed by atoms with Crippen molar-refractivity contribution in [3.8, 4) is 11.5 Å². The highest BCUT2D eigenvalue weighted by Gasteiger charge is 1.97. The van der Waals surface area contributed by atoms with Crippen molar-refractivity contribution in [1.29, 1.82) is 0 Å². The average Bonchev–Trinajstić information content (AvgIpc) is 3.06. The molecule has 0 saturated carbocycles. The van der Waals surface area contributed by atoms with Crippen molar-refractivity contribution in [3.05, 3.63) is 48.6 Å². The van der Waals surface area contributed by atoms with Crippen LogP contribution in [0.1, 0.15) is 194 Å². The van der Waals surface area contributed by atoms with Gasteiger partial charge >= 0.3 is 11.9 Å². The Kier molecular flexibility index (Phi) is 39.9. The molecule has 1 rings (SSSR count). The van der Waals surface area contributed by atoms with Crippen LogP contribution in [0.2, 0.25) is 0 Å². The van der Waals surface area contributed by atoms with Crippen LogP contribution >= 0.6 is 0 Å². The molecule has 0 fully saturated rings. The lowest BCUT2D eigenvalue weighted by molar-refractivity contribution is -0.138. The molecular weight excluding hydrogens is 600 g/mol. The predicted molar refractivity (Wildman–Crippen MR) is 204 cm³/mol. The van der Waals surface area contributed by atoms with E-state index < -0.39 is 11.9 Å². The molecule has 0 atom stereocenters. The quantitative estimate of drug-likeness (QED) is 0.0367. The Morgan fingerprint density at radius 2 is 0.646 bits per heavy atom. The fourth-order valence-electron chi connectivity index (χ4n) is 5.15. The molecule has 0 aliphatic heterocycles. The summed E-state index contributed by atoms with van der Waals surface area (Å²) in [5.74, 6) is -0.990. The van der Waals surface area contributed by atoms with Gasteiger partial charge in [0.2, 0.25) is 0 Å². The number of hydrogen-bond acceptors (Lipinski definition) is 4. The molecule has 278 valence electrons. The molecule has 4 N–H and O–H groups in total. The van der Waals surface area contributed by atoms with Crippen LogP contribution in [0.4, 0.5) is 0 Å². The highest BCUT2D eigenvalue weighted by Crippen LogP contribution is 2.14. The van der Waals surface area contributed by atoms with E-state index in [4.69, 9.17) is 20.4 Å². The van der Waals surface area contributed by atoms with E-state index in [1.807, 2.05) is 0 Å². The summed E-state index contributed by atoms with van der Waals surface area (Å²) in [6.07, 6.45) is 42.5. The van der Waals surface area contributed by atoms with Gasteiger partial charge in [0.1, 0.15) is 11.5 Å². The Labute approximate surface area is 295 Å². The molecule has 0 amide bonds. The second-order valence-electron chi connectivity index (χ2n) is 13.0. The molecule has 0 bridgehead atoms. The third-order valence-electron chi connectivity index (χ3n) is 8.15. The number of aromatic hydroxyl groups is 2. The molecule has 0 unspecified atom stereocenters. The van der Waals surface area contributed by atoms with Crippen LogP contribution in [0.3, 0.4) is 0 Å². The first kappa shape index (κ1) is 47.4. The smallest absolute Gasteiger partial charge is 0.303 e. The summed E-state index contributed by atoms with van der Waals surface area (Å²) < 4.78 is 0. The number of phenols is 2. The molecule has 0 heterocycles. The molecule has 1 aromatic rings. The van der Waals surface area contributed by atoms with E-state index in [1.165, 1.54) is 166 Å². The van der Waals surface area contributed by atoms with E-state index in [-0.39, 0.29) is 11.5 Å². The molecule has 48 heavy (non-hydrogen) atoms. The number of phenolic OH excluding ortho intramolecular Hbond substituents is 2. The monoisotopic (exact) mass is 675 g/mol. The van der Waals surface area contributed by atoms with Gasteiger partial charge in [-0.05, 0) is 88.5 Å². The number of aliphatic carboxylic acids is 2. The van der Waals surface area contributed by atoms with Gasteiger partial charge in [0, 0.05) is 12.8 Å². The second kappa shape index (κ2) is 40.4. The zero-order valence-electron chi connectivity index (χ0n) is 31.0.